The van der Waals surface area contributed by atoms with Crippen molar-refractivity contribution in [3.8, 4) is 5.75 Å². The van der Waals surface area contributed by atoms with Crippen LogP contribution in [-0.2, 0) is 16.4 Å². The molecule has 0 aliphatic carbocycles. The number of sulfonamides is 1. The lowest BCUT2D eigenvalue weighted by atomic mass is 9.95. The van der Waals surface area contributed by atoms with E-state index in [1.165, 1.54) is 10.4 Å². The van der Waals surface area contributed by atoms with E-state index in [0.717, 1.165) is 29.7 Å². The van der Waals surface area contributed by atoms with Gasteiger partial charge in [0, 0.05) is 25.2 Å². The molecule has 1 aliphatic heterocycles. The number of carbonyl (C=O) groups excluding carboxylic acids is 1. The highest BCUT2D eigenvalue weighted by Gasteiger charge is 2.29. The lowest BCUT2D eigenvalue weighted by molar-refractivity contribution is 0.0984. The maximum atomic E-state index is 13.4. The summed E-state index contributed by atoms with van der Waals surface area (Å²) in [7, 11) is -2.03. The molecule has 29 heavy (non-hydrogen) atoms. The number of rotatable bonds is 6. The van der Waals surface area contributed by atoms with Crippen molar-refractivity contribution in [3.05, 3.63) is 53.1 Å². The van der Waals surface area contributed by atoms with Gasteiger partial charge in [-0.3, -0.25) is 4.79 Å². The van der Waals surface area contributed by atoms with Crippen LogP contribution in [0.3, 0.4) is 0 Å². The predicted octanol–water partition coefficient (Wildman–Crippen LogP) is 3.63. The minimum Gasteiger partial charge on any atom is -0.495 e. The number of ether oxygens (including phenoxy) is 1. The van der Waals surface area contributed by atoms with E-state index < -0.39 is 10.0 Å². The zero-order chi connectivity index (χ0) is 21.2. The van der Waals surface area contributed by atoms with Gasteiger partial charge in [0.15, 0.2) is 0 Å². The van der Waals surface area contributed by atoms with Gasteiger partial charge in [-0.15, -0.1) is 0 Å². The molecule has 0 atom stereocenters. The van der Waals surface area contributed by atoms with Crippen molar-refractivity contribution in [1.82, 2.24) is 4.31 Å². The second-order valence-corrected chi connectivity index (χ2v) is 9.03. The molecule has 0 unspecified atom stereocenters. The van der Waals surface area contributed by atoms with Gasteiger partial charge in [-0.25, -0.2) is 8.42 Å². The number of hydrogen-bond donors (Lipinski definition) is 0. The number of carbonyl (C=O) groups is 1. The van der Waals surface area contributed by atoms with Gasteiger partial charge in [-0.2, -0.15) is 4.31 Å². The highest BCUT2D eigenvalue weighted by atomic mass is 32.2. The zero-order valence-corrected chi connectivity index (χ0v) is 18.3. The lowest BCUT2D eigenvalue weighted by Gasteiger charge is -2.32. The summed E-state index contributed by atoms with van der Waals surface area (Å²) in [6.07, 6.45) is 1.74. The van der Waals surface area contributed by atoms with Gasteiger partial charge in [0.1, 0.15) is 5.75 Å². The molecule has 0 fully saturated rings. The maximum Gasteiger partial charge on any atom is 0.258 e. The first-order valence-electron chi connectivity index (χ1n) is 9.93. The number of hydrogen-bond acceptors (Lipinski definition) is 4. The van der Waals surface area contributed by atoms with Crippen LogP contribution in [-0.4, -0.2) is 45.4 Å². The highest BCUT2D eigenvalue weighted by molar-refractivity contribution is 7.89. The van der Waals surface area contributed by atoms with Crippen LogP contribution in [0.5, 0.6) is 5.75 Å². The molecule has 0 N–H and O–H groups in total. The van der Waals surface area contributed by atoms with E-state index in [1.54, 1.807) is 44.1 Å². The number of fused-ring (bicyclic) bond motifs is 1. The van der Waals surface area contributed by atoms with E-state index in [4.69, 9.17) is 4.74 Å². The average Bonchev–Trinajstić information content (AvgIpc) is 2.74. The molecule has 7 heteroatoms. The fourth-order valence-corrected chi connectivity index (χ4v) is 5.38. The Morgan fingerprint density at radius 1 is 1.17 bits per heavy atom. The molecule has 1 aliphatic rings. The molecule has 0 spiro atoms. The summed E-state index contributed by atoms with van der Waals surface area (Å²) >= 11 is 0. The molecule has 1 amide bonds. The van der Waals surface area contributed by atoms with Gasteiger partial charge in [0.05, 0.1) is 17.7 Å². The van der Waals surface area contributed by atoms with Crippen molar-refractivity contribution in [2.24, 2.45) is 0 Å². The molecule has 0 radical (unpaired) electrons. The molecule has 0 saturated heterocycles. The van der Waals surface area contributed by atoms with Gasteiger partial charge in [0.2, 0.25) is 10.0 Å². The van der Waals surface area contributed by atoms with Crippen LogP contribution in [0.1, 0.15) is 41.8 Å². The Hall–Kier alpha value is -2.38. The summed E-state index contributed by atoms with van der Waals surface area (Å²) < 4.78 is 32.7. The van der Waals surface area contributed by atoms with Crippen molar-refractivity contribution >= 4 is 21.6 Å². The molecule has 3 rings (SSSR count). The van der Waals surface area contributed by atoms with Gasteiger partial charge in [-0.1, -0.05) is 26.0 Å². The number of benzene rings is 2. The standard InChI is InChI=1S/C22H28N2O4S/c1-5-23(6-2)29(26,27)18-10-7-9-17(15-18)22(25)24-14-8-11-19-16(3)12-13-20(28-4)21(19)24/h7,9-10,12-13,15H,5-6,8,11,14H2,1-4H3. The Kier molecular flexibility index (Phi) is 6.29. The SMILES string of the molecule is CCN(CC)S(=O)(=O)c1cccc(C(=O)N2CCCc3c(C)ccc(OC)c32)c1. The van der Waals surface area contributed by atoms with Crippen LogP contribution in [0.2, 0.25) is 0 Å². The first-order valence-corrected chi connectivity index (χ1v) is 11.4. The highest BCUT2D eigenvalue weighted by Crippen LogP contribution is 2.39. The van der Waals surface area contributed by atoms with E-state index >= 15 is 0 Å². The number of methoxy groups -OCH3 is 1. The minimum absolute atomic E-state index is 0.139. The van der Waals surface area contributed by atoms with Crippen LogP contribution in [0.4, 0.5) is 5.69 Å². The van der Waals surface area contributed by atoms with Crippen LogP contribution in [0.25, 0.3) is 0 Å². The van der Waals surface area contributed by atoms with Crippen molar-refractivity contribution in [2.75, 3.05) is 31.6 Å². The summed E-state index contributed by atoms with van der Waals surface area (Å²) in [5, 5.41) is 0. The molecule has 1 heterocycles. The van der Waals surface area contributed by atoms with Crippen molar-refractivity contribution in [3.63, 3.8) is 0 Å². The lowest BCUT2D eigenvalue weighted by Crippen LogP contribution is -2.36. The van der Waals surface area contributed by atoms with E-state index in [0.29, 0.717) is 30.9 Å². The van der Waals surface area contributed by atoms with Gasteiger partial charge in [-0.05, 0) is 55.2 Å². The number of nitrogens with zero attached hydrogens (tertiary/aromatic N) is 2. The summed E-state index contributed by atoms with van der Waals surface area (Å²) in [5.74, 6) is 0.442. The smallest absolute Gasteiger partial charge is 0.258 e. The first-order chi connectivity index (χ1) is 13.8. The summed E-state index contributed by atoms with van der Waals surface area (Å²) in [5.41, 5.74) is 3.38. The quantitative estimate of drug-likeness (QED) is 0.721. The Bertz CT molecular complexity index is 1010. The topological polar surface area (TPSA) is 66.9 Å². The molecular formula is C22H28N2O4S. The average molecular weight is 417 g/mol. The Balaban J connectivity index is 2.03. The third kappa shape index (κ3) is 3.89. The summed E-state index contributed by atoms with van der Waals surface area (Å²) in [6.45, 7) is 6.97. The maximum absolute atomic E-state index is 13.4. The van der Waals surface area contributed by atoms with Crippen molar-refractivity contribution in [1.29, 1.82) is 0 Å². The zero-order valence-electron chi connectivity index (χ0n) is 17.4. The molecule has 6 nitrogen and oxygen atoms in total. The summed E-state index contributed by atoms with van der Waals surface area (Å²) in [6, 6.07) is 10.2. The fraction of sp³-hybridized carbons (Fsp3) is 0.409. The van der Waals surface area contributed by atoms with Crippen LogP contribution < -0.4 is 9.64 Å². The van der Waals surface area contributed by atoms with E-state index in [1.807, 2.05) is 19.1 Å². The van der Waals surface area contributed by atoms with E-state index in [9.17, 15) is 13.2 Å². The Morgan fingerprint density at radius 2 is 1.90 bits per heavy atom. The van der Waals surface area contributed by atoms with Crippen LogP contribution in [0.15, 0.2) is 41.3 Å². The number of anilines is 1. The number of aryl methyl sites for hydroxylation is 1. The second kappa shape index (κ2) is 8.55. The molecule has 0 saturated carbocycles. The van der Waals surface area contributed by atoms with E-state index in [-0.39, 0.29) is 10.8 Å². The van der Waals surface area contributed by atoms with Gasteiger partial charge >= 0.3 is 0 Å². The molecule has 0 bridgehead atoms. The number of amides is 1. The Morgan fingerprint density at radius 3 is 2.55 bits per heavy atom. The monoisotopic (exact) mass is 416 g/mol. The summed E-state index contributed by atoms with van der Waals surface area (Å²) in [4.78, 5) is 15.2. The van der Waals surface area contributed by atoms with Gasteiger partial charge in [0.25, 0.3) is 5.91 Å². The van der Waals surface area contributed by atoms with Crippen molar-refractivity contribution < 1.29 is 17.9 Å². The van der Waals surface area contributed by atoms with Gasteiger partial charge < -0.3 is 9.64 Å². The minimum atomic E-state index is -3.63. The fourth-order valence-electron chi connectivity index (χ4n) is 3.88. The second-order valence-electron chi connectivity index (χ2n) is 7.09. The molecular weight excluding hydrogens is 388 g/mol. The molecule has 0 aromatic heterocycles. The third-order valence-electron chi connectivity index (χ3n) is 5.45. The first kappa shape index (κ1) is 21.3. The molecule has 156 valence electrons. The van der Waals surface area contributed by atoms with Crippen molar-refractivity contribution in [2.45, 2.75) is 38.5 Å². The Labute approximate surface area is 173 Å². The third-order valence-corrected chi connectivity index (χ3v) is 7.49. The largest absolute Gasteiger partial charge is 0.495 e. The van der Waals surface area contributed by atoms with Crippen LogP contribution in [0, 0.1) is 6.92 Å². The molecule has 2 aromatic carbocycles. The van der Waals surface area contributed by atoms with E-state index in [2.05, 4.69) is 0 Å². The van der Waals surface area contributed by atoms with Crippen LogP contribution >= 0.6 is 0 Å². The normalized spacial score (nSPS) is 14.0. The predicted molar refractivity (Wildman–Crippen MR) is 114 cm³/mol. The molecule has 2 aromatic rings.